The zero-order valence-electron chi connectivity index (χ0n) is 11.4. The molecule has 122 valence electrons. The van der Waals surface area contributed by atoms with Crippen LogP contribution in [-0.2, 0) is 4.79 Å². The maximum Gasteiger partial charge on any atom is 0.323 e. The Bertz CT molecular complexity index is 339. The Kier molecular flexibility index (Phi) is 9.79. The molecule has 0 aromatic carbocycles. The summed E-state index contributed by atoms with van der Waals surface area (Å²) in [6.45, 7) is 1.75. The molecule has 1 saturated heterocycles. The normalized spacial score (nSPS) is 16.9. The summed E-state index contributed by atoms with van der Waals surface area (Å²) in [5.74, 6) is -0.617. The van der Waals surface area contributed by atoms with Gasteiger partial charge in [-0.15, -0.1) is 0 Å². The van der Waals surface area contributed by atoms with Gasteiger partial charge in [-0.1, -0.05) is 0 Å². The number of aliphatic hydroxyl groups excluding tert-OH is 3. The number of urea groups is 2. The molecule has 0 radical (unpaired) electrons. The largest absolute Gasteiger partial charge is 0.395 e. The smallest absolute Gasteiger partial charge is 0.323 e. The number of imide groups is 1. The SMILES string of the molecule is NC(=O)NC1NC(=O)NC1=O.OCCN(CCO)CCO. The molecule has 0 spiro atoms. The van der Waals surface area contributed by atoms with Crippen LogP contribution in [-0.4, -0.2) is 83.8 Å². The molecule has 1 rings (SSSR count). The van der Waals surface area contributed by atoms with Crippen LogP contribution in [0.1, 0.15) is 0 Å². The molecule has 11 heteroatoms. The van der Waals surface area contributed by atoms with E-state index in [0.29, 0.717) is 19.6 Å². The minimum absolute atomic E-state index is 0.0694. The van der Waals surface area contributed by atoms with Gasteiger partial charge in [0.05, 0.1) is 19.8 Å². The summed E-state index contributed by atoms with van der Waals surface area (Å²) in [7, 11) is 0. The maximum atomic E-state index is 10.7. The monoisotopic (exact) mass is 307 g/mol. The van der Waals surface area contributed by atoms with Gasteiger partial charge >= 0.3 is 12.1 Å². The van der Waals surface area contributed by atoms with Crippen molar-refractivity contribution in [3.63, 3.8) is 0 Å². The summed E-state index contributed by atoms with van der Waals surface area (Å²) < 4.78 is 0. The summed E-state index contributed by atoms with van der Waals surface area (Å²) in [4.78, 5) is 33.0. The Morgan fingerprint density at radius 1 is 1.14 bits per heavy atom. The van der Waals surface area contributed by atoms with Crippen LogP contribution in [0.15, 0.2) is 0 Å². The fraction of sp³-hybridized carbons (Fsp3) is 0.700. The van der Waals surface area contributed by atoms with Crippen LogP contribution < -0.4 is 21.7 Å². The summed E-state index contributed by atoms with van der Waals surface area (Å²) in [6.07, 6.45) is -1.04. The lowest BCUT2D eigenvalue weighted by molar-refractivity contribution is -0.120. The highest BCUT2D eigenvalue weighted by Gasteiger charge is 2.29. The summed E-state index contributed by atoms with van der Waals surface area (Å²) in [6, 6.07) is -1.51. The van der Waals surface area contributed by atoms with E-state index in [1.54, 1.807) is 4.90 Å². The number of nitrogens with one attached hydrogen (secondary N) is 3. The fourth-order valence-corrected chi connectivity index (χ4v) is 1.42. The number of carbonyl (C=O) groups is 3. The molecule has 0 aromatic rings. The molecule has 11 nitrogen and oxygen atoms in total. The van der Waals surface area contributed by atoms with Crippen molar-refractivity contribution in [2.24, 2.45) is 5.73 Å². The second kappa shape index (κ2) is 10.8. The fourth-order valence-electron chi connectivity index (χ4n) is 1.42. The van der Waals surface area contributed by atoms with Crippen LogP contribution in [0, 0.1) is 0 Å². The van der Waals surface area contributed by atoms with Gasteiger partial charge in [0, 0.05) is 19.6 Å². The van der Waals surface area contributed by atoms with Gasteiger partial charge in [-0.25, -0.2) is 9.59 Å². The first kappa shape index (κ1) is 19.1. The molecule has 1 fully saturated rings. The second-order valence-electron chi connectivity index (χ2n) is 3.92. The van der Waals surface area contributed by atoms with Gasteiger partial charge in [-0.2, -0.15) is 0 Å². The van der Waals surface area contributed by atoms with E-state index < -0.39 is 24.1 Å². The van der Waals surface area contributed by atoms with Gasteiger partial charge in [0.2, 0.25) is 0 Å². The zero-order chi connectivity index (χ0) is 16.3. The van der Waals surface area contributed by atoms with Crippen molar-refractivity contribution in [2.75, 3.05) is 39.5 Å². The summed E-state index contributed by atoms with van der Waals surface area (Å²) >= 11 is 0. The van der Waals surface area contributed by atoms with Crippen LogP contribution >= 0.6 is 0 Å². The highest BCUT2D eigenvalue weighted by Crippen LogP contribution is 1.87. The van der Waals surface area contributed by atoms with Gasteiger partial charge < -0.3 is 31.7 Å². The van der Waals surface area contributed by atoms with E-state index in [-0.39, 0.29) is 19.8 Å². The number of hydrogen-bond acceptors (Lipinski definition) is 7. The molecule has 1 atom stereocenters. The van der Waals surface area contributed by atoms with E-state index in [4.69, 9.17) is 21.1 Å². The molecule has 0 aromatic heterocycles. The van der Waals surface area contributed by atoms with Crippen LogP contribution in [0.3, 0.4) is 0 Å². The molecule has 0 bridgehead atoms. The van der Waals surface area contributed by atoms with Crippen molar-refractivity contribution in [3.05, 3.63) is 0 Å². The summed E-state index contributed by atoms with van der Waals surface area (Å²) in [5.41, 5.74) is 4.70. The Hall–Kier alpha value is -1.95. The van der Waals surface area contributed by atoms with E-state index in [1.165, 1.54) is 0 Å². The number of hydrogen-bond donors (Lipinski definition) is 7. The van der Waals surface area contributed by atoms with Crippen molar-refractivity contribution < 1.29 is 29.7 Å². The van der Waals surface area contributed by atoms with E-state index in [2.05, 4.69) is 5.32 Å². The van der Waals surface area contributed by atoms with Crippen molar-refractivity contribution in [1.82, 2.24) is 20.9 Å². The average Bonchev–Trinajstić information content (AvgIpc) is 2.69. The third-order valence-corrected chi connectivity index (χ3v) is 2.31. The van der Waals surface area contributed by atoms with Crippen molar-refractivity contribution in [2.45, 2.75) is 6.17 Å². The zero-order valence-corrected chi connectivity index (χ0v) is 11.4. The number of nitrogens with two attached hydrogens (primary N) is 1. The summed E-state index contributed by atoms with van der Waals surface area (Å²) in [5, 5.41) is 31.5. The molecule has 1 aliphatic heterocycles. The maximum absolute atomic E-state index is 10.7. The molecule has 0 saturated carbocycles. The highest BCUT2D eigenvalue weighted by molar-refractivity contribution is 6.05. The van der Waals surface area contributed by atoms with Crippen molar-refractivity contribution >= 4 is 18.0 Å². The first-order valence-electron chi connectivity index (χ1n) is 6.16. The Balaban J connectivity index is 0.000000384. The van der Waals surface area contributed by atoms with Crippen LogP contribution in [0.4, 0.5) is 9.59 Å². The number of carbonyl (C=O) groups excluding carboxylic acids is 3. The van der Waals surface area contributed by atoms with E-state index in [9.17, 15) is 14.4 Å². The quantitative estimate of drug-likeness (QED) is 0.235. The van der Waals surface area contributed by atoms with Crippen LogP contribution in [0.2, 0.25) is 0 Å². The van der Waals surface area contributed by atoms with Crippen LogP contribution in [0.5, 0.6) is 0 Å². The Morgan fingerprint density at radius 2 is 1.62 bits per heavy atom. The molecule has 0 aliphatic carbocycles. The molecular weight excluding hydrogens is 286 g/mol. The predicted octanol–water partition coefficient (Wildman–Crippen LogP) is -3.91. The predicted molar refractivity (Wildman–Crippen MR) is 70.9 cm³/mol. The van der Waals surface area contributed by atoms with Crippen molar-refractivity contribution in [3.8, 4) is 0 Å². The molecular formula is C10H21N5O6. The molecule has 8 N–H and O–H groups in total. The lowest BCUT2D eigenvalue weighted by Gasteiger charge is -2.17. The van der Waals surface area contributed by atoms with E-state index in [0.717, 1.165) is 0 Å². The van der Waals surface area contributed by atoms with Gasteiger partial charge in [-0.05, 0) is 0 Å². The standard InChI is InChI=1S/C6H15NO3.C4H6N4O3/c8-4-1-7(2-5-9)3-6-10;5-3(10)6-1-2(9)8-4(11)7-1/h8-10H,1-6H2;1H,(H3,5,6,10)(H2,7,8,9,11). The van der Waals surface area contributed by atoms with Crippen molar-refractivity contribution in [1.29, 1.82) is 0 Å². The Labute approximate surface area is 121 Å². The molecule has 1 unspecified atom stereocenters. The number of primary amides is 1. The lowest BCUT2D eigenvalue weighted by atomic mass is 10.4. The third kappa shape index (κ3) is 8.75. The van der Waals surface area contributed by atoms with E-state index >= 15 is 0 Å². The molecule has 5 amide bonds. The number of rotatable bonds is 7. The number of amides is 5. The number of nitrogens with zero attached hydrogens (tertiary/aromatic N) is 1. The molecule has 1 heterocycles. The first-order valence-corrected chi connectivity index (χ1v) is 6.16. The first-order chi connectivity index (χ1) is 9.94. The number of aliphatic hydroxyl groups is 3. The van der Waals surface area contributed by atoms with E-state index in [1.807, 2.05) is 10.6 Å². The Morgan fingerprint density at radius 3 is 1.90 bits per heavy atom. The lowest BCUT2D eigenvalue weighted by Crippen LogP contribution is -2.48. The second-order valence-corrected chi connectivity index (χ2v) is 3.92. The third-order valence-electron chi connectivity index (χ3n) is 2.31. The van der Waals surface area contributed by atoms with Gasteiger partial charge in [-0.3, -0.25) is 15.0 Å². The molecule has 21 heavy (non-hydrogen) atoms. The average molecular weight is 307 g/mol. The van der Waals surface area contributed by atoms with Gasteiger partial charge in [0.1, 0.15) is 0 Å². The van der Waals surface area contributed by atoms with Gasteiger partial charge in [0.15, 0.2) is 6.17 Å². The molecule has 1 aliphatic rings. The minimum atomic E-state index is -1.04. The van der Waals surface area contributed by atoms with Gasteiger partial charge in [0.25, 0.3) is 5.91 Å². The topological polar surface area (TPSA) is 177 Å². The van der Waals surface area contributed by atoms with Crippen LogP contribution in [0.25, 0.3) is 0 Å². The minimum Gasteiger partial charge on any atom is -0.395 e. The highest BCUT2D eigenvalue weighted by atomic mass is 16.3.